The predicted molar refractivity (Wildman–Crippen MR) is 61.9 cm³/mol. The van der Waals surface area contributed by atoms with Crippen LogP contribution in [0.1, 0.15) is 17.5 Å². The molecule has 0 bridgehead atoms. The Balaban J connectivity index is 2.30. The minimum Gasteiger partial charge on any atom is -0.350 e. The Morgan fingerprint density at radius 2 is 2.44 bits per heavy atom. The third-order valence-electron chi connectivity index (χ3n) is 2.05. The molecule has 2 rings (SSSR count). The van der Waals surface area contributed by atoms with Crippen molar-refractivity contribution in [2.45, 2.75) is 13.5 Å². The summed E-state index contributed by atoms with van der Waals surface area (Å²) in [6.45, 7) is 1.91. The normalized spacial score (nSPS) is 10.0. The van der Waals surface area contributed by atoms with E-state index in [1.54, 1.807) is 6.07 Å². The molecule has 0 aliphatic rings. The average molecular weight is 231 g/mol. The summed E-state index contributed by atoms with van der Waals surface area (Å²) in [5.41, 5.74) is 1.49. The Kier molecular flexibility index (Phi) is 2.84. The van der Waals surface area contributed by atoms with Gasteiger partial charge in [0, 0.05) is 6.92 Å². The molecule has 0 aliphatic heterocycles. The number of nitriles is 1. The molecule has 0 spiro atoms. The van der Waals surface area contributed by atoms with Crippen LogP contribution in [-0.4, -0.2) is 10.9 Å². The number of nitrogens with one attached hydrogen (secondary N) is 1. The van der Waals surface area contributed by atoms with E-state index >= 15 is 0 Å². The third kappa shape index (κ3) is 2.18. The van der Waals surface area contributed by atoms with E-state index in [-0.39, 0.29) is 5.91 Å². The minimum atomic E-state index is -0.0722. The van der Waals surface area contributed by atoms with Gasteiger partial charge in [-0.15, -0.1) is 11.3 Å². The van der Waals surface area contributed by atoms with Gasteiger partial charge in [0.1, 0.15) is 5.01 Å². The van der Waals surface area contributed by atoms with E-state index in [0.717, 1.165) is 15.2 Å². The summed E-state index contributed by atoms with van der Waals surface area (Å²) in [6, 6.07) is 7.46. The van der Waals surface area contributed by atoms with Gasteiger partial charge in [-0.1, -0.05) is 0 Å². The van der Waals surface area contributed by atoms with Crippen molar-refractivity contribution in [3.05, 3.63) is 28.8 Å². The van der Waals surface area contributed by atoms with Gasteiger partial charge >= 0.3 is 0 Å². The van der Waals surface area contributed by atoms with Crippen molar-refractivity contribution in [3.63, 3.8) is 0 Å². The Morgan fingerprint density at radius 3 is 3.12 bits per heavy atom. The fourth-order valence-corrected chi connectivity index (χ4v) is 2.26. The second-order valence-corrected chi connectivity index (χ2v) is 4.43. The first-order valence-corrected chi connectivity index (χ1v) is 5.54. The SMILES string of the molecule is CC(=O)NCc1nc2ccc(C#N)cc2s1. The maximum absolute atomic E-state index is 10.8. The molecule has 5 heteroatoms. The lowest BCUT2D eigenvalue weighted by atomic mass is 10.2. The number of rotatable bonds is 2. The van der Waals surface area contributed by atoms with Crippen LogP contribution < -0.4 is 5.32 Å². The van der Waals surface area contributed by atoms with Crippen LogP contribution in [0.4, 0.5) is 0 Å². The van der Waals surface area contributed by atoms with Crippen molar-refractivity contribution >= 4 is 27.5 Å². The number of aromatic nitrogens is 1. The number of thiazole rings is 1. The molecular formula is C11H9N3OS. The van der Waals surface area contributed by atoms with Crippen LogP contribution in [-0.2, 0) is 11.3 Å². The summed E-state index contributed by atoms with van der Waals surface area (Å²) in [7, 11) is 0. The van der Waals surface area contributed by atoms with Gasteiger partial charge in [-0.05, 0) is 18.2 Å². The molecule has 0 unspecified atom stereocenters. The fraction of sp³-hybridized carbons (Fsp3) is 0.182. The Hall–Kier alpha value is -1.93. The van der Waals surface area contributed by atoms with Gasteiger partial charge in [0.05, 0.1) is 28.4 Å². The average Bonchev–Trinajstić information content (AvgIpc) is 2.67. The number of nitrogens with zero attached hydrogens (tertiary/aromatic N) is 2. The van der Waals surface area contributed by atoms with E-state index in [9.17, 15) is 4.79 Å². The maximum atomic E-state index is 10.8. The highest BCUT2D eigenvalue weighted by Crippen LogP contribution is 2.22. The molecule has 0 saturated heterocycles. The first-order chi connectivity index (χ1) is 7.69. The Labute approximate surface area is 96.5 Å². The standard InChI is InChI=1S/C11H9N3OS/c1-7(15)13-6-11-14-9-3-2-8(5-12)4-10(9)16-11/h2-4H,6H2,1H3,(H,13,15). The molecule has 1 heterocycles. The van der Waals surface area contributed by atoms with Gasteiger partial charge in [-0.2, -0.15) is 5.26 Å². The van der Waals surface area contributed by atoms with E-state index in [0.29, 0.717) is 12.1 Å². The Morgan fingerprint density at radius 1 is 1.62 bits per heavy atom. The summed E-state index contributed by atoms with van der Waals surface area (Å²) < 4.78 is 0.972. The van der Waals surface area contributed by atoms with Gasteiger partial charge in [0.25, 0.3) is 0 Å². The van der Waals surface area contributed by atoms with Crippen molar-refractivity contribution in [1.29, 1.82) is 5.26 Å². The van der Waals surface area contributed by atoms with E-state index in [4.69, 9.17) is 5.26 Å². The maximum Gasteiger partial charge on any atom is 0.217 e. The first-order valence-electron chi connectivity index (χ1n) is 4.73. The van der Waals surface area contributed by atoms with E-state index < -0.39 is 0 Å². The van der Waals surface area contributed by atoms with E-state index in [1.807, 2.05) is 12.1 Å². The number of fused-ring (bicyclic) bond motifs is 1. The van der Waals surface area contributed by atoms with Crippen LogP contribution >= 0.6 is 11.3 Å². The third-order valence-corrected chi connectivity index (χ3v) is 3.07. The van der Waals surface area contributed by atoms with E-state index in [1.165, 1.54) is 18.3 Å². The Bertz CT molecular complexity index is 582. The monoisotopic (exact) mass is 231 g/mol. The summed E-state index contributed by atoms with van der Waals surface area (Å²) in [5, 5.41) is 12.3. The zero-order valence-corrected chi connectivity index (χ0v) is 9.47. The molecule has 2 aromatic rings. The molecule has 1 amide bonds. The van der Waals surface area contributed by atoms with Crippen LogP contribution in [0.5, 0.6) is 0 Å². The quantitative estimate of drug-likeness (QED) is 0.857. The molecule has 1 aromatic heterocycles. The molecule has 1 aromatic carbocycles. The van der Waals surface area contributed by atoms with Crippen molar-refractivity contribution in [2.24, 2.45) is 0 Å². The lowest BCUT2D eigenvalue weighted by Gasteiger charge is -1.95. The van der Waals surface area contributed by atoms with Crippen LogP contribution in [0.15, 0.2) is 18.2 Å². The van der Waals surface area contributed by atoms with Crippen molar-refractivity contribution in [3.8, 4) is 6.07 Å². The summed E-state index contributed by atoms with van der Waals surface area (Å²) in [5.74, 6) is -0.0722. The van der Waals surface area contributed by atoms with Gasteiger partial charge in [0.15, 0.2) is 0 Å². The number of carbonyl (C=O) groups excluding carboxylic acids is 1. The molecule has 0 aliphatic carbocycles. The topological polar surface area (TPSA) is 65.8 Å². The van der Waals surface area contributed by atoms with Gasteiger partial charge in [0.2, 0.25) is 5.91 Å². The lowest BCUT2D eigenvalue weighted by Crippen LogP contribution is -2.18. The zero-order valence-electron chi connectivity index (χ0n) is 8.65. The molecule has 16 heavy (non-hydrogen) atoms. The summed E-state index contributed by atoms with van der Waals surface area (Å²) in [4.78, 5) is 15.1. The number of amides is 1. The summed E-state index contributed by atoms with van der Waals surface area (Å²) >= 11 is 1.49. The van der Waals surface area contributed by atoms with Gasteiger partial charge < -0.3 is 5.32 Å². The van der Waals surface area contributed by atoms with Crippen molar-refractivity contribution in [2.75, 3.05) is 0 Å². The number of benzene rings is 1. The zero-order chi connectivity index (χ0) is 11.5. The molecule has 0 saturated carbocycles. The van der Waals surface area contributed by atoms with Crippen LogP contribution in [0, 0.1) is 11.3 Å². The van der Waals surface area contributed by atoms with Crippen LogP contribution in [0.2, 0.25) is 0 Å². The minimum absolute atomic E-state index is 0.0722. The largest absolute Gasteiger partial charge is 0.350 e. The number of hydrogen-bond acceptors (Lipinski definition) is 4. The van der Waals surface area contributed by atoms with E-state index in [2.05, 4.69) is 16.4 Å². The molecule has 80 valence electrons. The molecule has 1 N–H and O–H groups in total. The molecule has 4 nitrogen and oxygen atoms in total. The molecule has 0 radical (unpaired) electrons. The highest BCUT2D eigenvalue weighted by atomic mass is 32.1. The van der Waals surface area contributed by atoms with Crippen LogP contribution in [0.25, 0.3) is 10.2 Å². The first kappa shape index (κ1) is 10.6. The van der Waals surface area contributed by atoms with Crippen molar-refractivity contribution < 1.29 is 4.79 Å². The smallest absolute Gasteiger partial charge is 0.217 e. The molecular weight excluding hydrogens is 222 g/mol. The van der Waals surface area contributed by atoms with Gasteiger partial charge in [-0.3, -0.25) is 4.79 Å². The number of hydrogen-bond donors (Lipinski definition) is 1. The molecule has 0 atom stereocenters. The summed E-state index contributed by atoms with van der Waals surface area (Å²) in [6.07, 6.45) is 0. The van der Waals surface area contributed by atoms with Crippen LogP contribution in [0.3, 0.4) is 0 Å². The second-order valence-electron chi connectivity index (χ2n) is 3.31. The second kappa shape index (κ2) is 4.29. The lowest BCUT2D eigenvalue weighted by molar-refractivity contribution is -0.119. The van der Waals surface area contributed by atoms with Crippen molar-refractivity contribution in [1.82, 2.24) is 10.3 Å². The molecule has 0 fully saturated rings. The highest BCUT2D eigenvalue weighted by molar-refractivity contribution is 7.18. The number of carbonyl (C=O) groups is 1. The van der Waals surface area contributed by atoms with Gasteiger partial charge in [-0.25, -0.2) is 4.98 Å². The fourth-order valence-electron chi connectivity index (χ4n) is 1.32. The predicted octanol–water partition coefficient (Wildman–Crippen LogP) is 1.80. The highest BCUT2D eigenvalue weighted by Gasteiger charge is 2.04.